The number of hydrogen-bond acceptors (Lipinski definition) is 5. The van der Waals surface area contributed by atoms with Crippen molar-refractivity contribution in [2.24, 2.45) is 5.41 Å². The molecule has 2 fully saturated rings. The van der Waals surface area contributed by atoms with Crippen LogP contribution in [0.15, 0.2) is 36.4 Å². The maximum Gasteiger partial charge on any atom is 0.229 e. The molecule has 1 saturated carbocycles. The Labute approximate surface area is 189 Å². The highest BCUT2D eigenvalue weighted by atomic mass is 16.6. The van der Waals surface area contributed by atoms with Crippen molar-refractivity contribution in [1.82, 2.24) is 10.2 Å². The second-order valence-corrected chi connectivity index (χ2v) is 9.58. The number of ether oxygens (including phenoxy) is 2. The van der Waals surface area contributed by atoms with Crippen LogP contribution >= 0.6 is 0 Å². The Morgan fingerprint density at radius 3 is 2.59 bits per heavy atom. The number of benzene rings is 2. The van der Waals surface area contributed by atoms with Gasteiger partial charge in [-0.15, -0.1) is 0 Å². The summed E-state index contributed by atoms with van der Waals surface area (Å²) in [6, 6.07) is 12.2. The highest BCUT2D eigenvalue weighted by Gasteiger charge is 2.44. The van der Waals surface area contributed by atoms with Gasteiger partial charge in [-0.1, -0.05) is 43.2 Å². The summed E-state index contributed by atoms with van der Waals surface area (Å²) in [7, 11) is 0. The van der Waals surface area contributed by atoms with Gasteiger partial charge in [0.05, 0.1) is 0 Å². The Hall–Kier alpha value is -2.60. The monoisotopic (exact) mass is 436 g/mol. The highest BCUT2D eigenvalue weighted by molar-refractivity contribution is 5.98. The Balaban J connectivity index is 1.04. The smallest absolute Gasteiger partial charge is 0.229 e. The van der Waals surface area contributed by atoms with Gasteiger partial charge in [0.15, 0.2) is 11.5 Å². The van der Waals surface area contributed by atoms with Crippen molar-refractivity contribution in [3.05, 3.63) is 36.4 Å². The van der Waals surface area contributed by atoms with E-state index in [9.17, 15) is 9.59 Å². The first kappa shape index (κ1) is 21.3. The number of hydrogen-bond donors (Lipinski definition) is 1. The van der Waals surface area contributed by atoms with Crippen LogP contribution in [0.25, 0.3) is 10.8 Å². The summed E-state index contributed by atoms with van der Waals surface area (Å²) in [6.45, 7) is 2.59. The number of carbonyl (C=O) groups is 2. The van der Waals surface area contributed by atoms with E-state index >= 15 is 0 Å². The number of likely N-dealkylation sites (tertiary alicyclic amines) is 1. The molecule has 6 nitrogen and oxygen atoms in total. The average Bonchev–Trinajstić information content (AvgIpc) is 3.24. The molecule has 0 aromatic heterocycles. The van der Waals surface area contributed by atoms with Gasteiger partial charge in [-0.05, 0) is 49.1 Å². The molecule has 2 heterocycles. The molecular weight excluding hydrogens is 404 g/mol. The summed E-state index contributed by atoms with van der Waals surface area (Å²) in [5.74, 6) is 1.70. The van der Waals surface area contributed by atoms with Crippen LogP contribution in [0.2, 0.25) is 0 Å². The van der Waals surface area contributed by atoms with E-state index in [1.54, 1.807) is 0 Å². The van der Waals surface area contributed by atoms with Crippen molar-refractivity contribution in [2.45, 2.75) is 57.5 Å². The number of carbonyl (C=O) groups excluding carboxylic acids is 2. The fourth-order valence-corrected chi connectivity index (χ4v) is 5.49. The summed E-state index contributed by atoms with van der Waals surface area (Å²) in [5, 5.41) is 5.66. The van der Waals surface area contributed by atoms with Crippen LogP contribution in [0.4, 0.5) is 0 Å². The zero-order valence-corrected chi connectivity index (χ0v) is 18.6. The Bertz CT molecular complexity index is 978. The Kier molecular flexibility index (Phi) is 6.05. The normalized spacial score (nSPS) is 22.1. The fourth-order valence-electron chi connectivity index (χ4n) is 5.49. The van der Waals surface area contributed by atoms with Crippen molar-refractivity contribution in [3.63, 3.8) is 0 Å². The van der Waals surface area contributed by atoms with Crippen LogP contribution < -0.4 is 14.8 Å². The van der Waals surface area contributed by atoms with E-state index < -0.39 is 0 Å². The molecule has 2 amide bonds. The molecule has 5 rings (SSSR count). The van der Waals surface area contributed by atoms with E-state index in [1.165, 1.54) is 4.90 Å². The molecule has 32 heavy (non-hydrogen) atoms. The van der Waals surface area contributed by atoms with Crippen molar-refractivity contribution in [2.75, 3.05) is 26.2 Å². The van der Waals surface area contributed by atoms with Crippen LogP contribution in [0.5, 0.6) is 11.5 Å². The van der Waals surface area contributed by atoms with Crippen LogP contribution in [0.3, 0.4) is 0 Å². The summed E-state index contributed by atoms with van der Waals surface area (Å²) < 4.78 is 12.2. The summed E-state index contributed by atoms with van der Waals surface area (Å²) >= 11 is 0. The number of rotatable bonds is 7. The van der Waals surface area contributed by atoms with Crippen LogP contribution in [0.1, 0.15) is 51.4 Å². The largest absolute Gasteiger partial charge is 0.486 e. The molecule has 170 valence electrons. The maximum atomic E-state index is 12.5. The van der Waals surface area contributed by atoms with Crippen molar-refractivity contribution in [3.8, 4) is 11.5 Å². The van der Waals surface area contributed by atoms with Gasteiger partial charge in [0.2, 0.25) is 11.8 Å². The van der Waals surface area contributed by atoms with Crippen molar-refractivity contribution in [1.29, 1.82) is 0 Å². The van der Waals surface area contributed by atoms with Gasteiger partial charge in [0.1, 0.15) is 12.7 Å². The molecule has 1 saturated heterocycles. The van der Waals surface area contributed by atoms with Gasteiger partial charge in [0, 0.05) is 31.3 Å². The van der Waals surface area contributed by atoms with E-state index in [0.29, 0.717) is 32.5 Å². The fraction of sp³-hybridized carbons (Fsp3) is 0.538. The lowest BCUT2D eigenvalue weighted by molar-refractivity contribution is -0.153. The molecule has 0 radical (unpaired) electrons. The number of piperidine rings is 1. The van der Waals surface area contributed by atoms with Gasteiger partial charge >= 0.3 is 0 Å². The zero-order valence-electron chi connectivity index (χ0n) is 18.6. The van der Waals surface area contributed by atoms with Gasteiger partial charge in [-0.25, -0.2) is 0 Å². The van der Waals surface area contributed by atoms with Gasteiger partial charge in [0.25, 0.3) is 0 Å². The zero-order chi connectivity index (χ0) is 22.0. The number of amides is 2. The maximum absolute atomic E-state index is 12.5. The van der Waals surface area contributed by atoms with Crippen LogP contribution in [-0.2, 0) is 9.59 Å². The van der Waals surface area contributed by atoms with Gasteiger partial charge in [-0.2, -0.15) is 0 Å². The second-order valence-electron chi connectivity index (χ2n) is 9.58. The van der Waals surface area contributed by atoms with Crippen molar-refractivity contribution >= 4 is 22.6 Å². The van der Waals surface area contributed by atoms with Crippen LogP contribution in [0, 0.1) is 5.41 Å². The minimum Gasteiger partial charge on any atom is -0.486 e. The summed E-state index contributed by atoms with van der Waals surface area (Å²) in [4.78, 5) is 26.6. The minimum atomic E-state index is -0.0406. The second kappa shape index (κ2) is 9.10. The molecule has 2 aliphatic heterocycles. The summed E-state index contributed by atoms with van der Waals surface area (Å²) in [6.07, 6.45) is 7.21. The molecule has 3 aliphatic rings. The Morgan fingerprint density at radius 1 is 1.00 bits per heavy atom. The first-order valence-electron chi connectivity index (χ1n) is 12.0. The van der Waals surface area contributed by atoms with Crippen LogP contribution in [-0.4, -0.2) is 49.1 Å². The minimum absolute atomic E-state index is 0.0156. The SMILES string of the molecule is O=C1CC2(CCCC2)CC(=O)N1CCCCNCC1COc2ccc3ccccc3c2O1. The predicted molar refractivity (Wildman–Crippen MR) is 123 cm³/mol. The van der Waals surface area contributed by atoms with E-state index in [0.717, 1.165) is 67.3 Å². The first-order valence-corrected chi connectivity index (χ1v) is 12.0. The number of unbranched alkanes of at least 4 members (excludes halogenated alkanes) is 1. The Morgan fingerprint density at radius 2 is 1.78 bits per heavy atom. The molecule has 2 aromatic rings. The van der Waals surface area contributed by atoms with E-state index in [1.807, 2.05) is 18.2 Å². The highest BCUT2D eigenvalue weighted by Crippen LogP contribution is 2.47. The number of fused-ring (bicyclic) bond motifs is 3. The number of nitrogens with one attached hydrogen (secondary N) is 1. The lowest BCUT2D eigenvalue weighted by Gasteiger charge is -2.37. The van der Waals surface area contributed by atoms with Gasteiger partial charge < -0.3 is 14.8 Å². The topological polar surface area (TPSA) is 67.9 Å². The van der Waals surface area contributed by atoms with E-state index in [4.69, 9.17) is 9.47 Å². The molecule has 1 spiro atoms. The third-order valence-electron chi connectivity index (χ3n) is 7.23. The number of nitrogens with zero attached hydrogens (tertiary/aromatic N) is 1. The standard InChI is InChI=1S/C26H32N2O4/c29-23-15-26(11-3-4-12-26)16-24(30)28(23)14-6-5-13-27-17-20-18-31-22-10-9-19-7-1-2-8-21(19)25(22)32-20/h1-2,7-10,20,27H,3-6,11-18H2. The number of imide groups is 1. The molecule has 1 atom stereocenters. The molecule has 2 aromatic carbocycles. The summed E-state index contributed by atoms with van der Waals surface area (Å²) in [5.41, 5.74) is -0.0156. The third-order valence-corrected chi connectivity index (χ3v) is 7.23. The lowest BCUT2D eigenvalue weighted by Crippen LogP contribution is -2.47. The quantitative estimate of drug-likeness (QED) is 0.524. The average molecular weight is 437 g/mol. The predicted octanol–water partition coefficient (Wildman–Crippen LogP) is 4.06. The molecule has 0 bridgehead atoms. The van der Waals surface area contributed by atoms with E-state index in [2.05, 4.69) is 23.5 Å². The molecule has 6 heteroatoms. The van der Waals surface area contributed by atoms with Crippen molar-refractivity contribution < 1.29 is 19.1 Å². The molecule has 1 unspecified atom stereocenters. The molecule has 1 N–H and O–H groups in total. The lowest BCUT2D eigenvalue weighted by atomic mass is 9.76. The third kappa shape index (κ3) is 4.33. The molecular formula is C26H32N2O4. The van der Waals surface area contributed by atoms with E-state index in [-0.39, 0.29) is 23.3 Å². The molecule has 1 aliphatic carbocycles. The first-order chi connectivity index (χ1) is 15.6. The van der Waals surface area contributed by atoms with Gasteiger partial charge in [-0.3, -0.25) is 14.5 Å².